The summed E-state index contributed by atoms with van der Waals surface area (Å²) in [4.78, 5) is 0. The predicted molar refractivity (Wildman–Crippen MR) is 88.0 cm³/mol. The van der Waals surface area contributed by atoms with Crippen molar-refractivity contribution in [1.82, 2.24) is 0 Å². The first-order chi connectivity index (χ1) is 10.2. The van der Waals surface area contributed by atoms with Crippen LogP contribution in [0, 0.1) is 5.92 Å². The van der Waals surface area contributed by atoms with E-state index in [-0.39, 0.29) is 0 Å². The fourth-order valence-electron chi connectivity index (χ4n) is 3.75. The lowest BCUT2D eigenvalue weighted by Gasteiger charge is -2.40. The molecule has 0 radical (unpaired) electrons. The van der Waals surface area contributed by atoms with E-state index in [1.807, 2.05) is 6.07 Å². The molecular weight excluding hydrogens is 256 g/mol. The molecule has 1 heteroatoms. The third-order valence-corrected chi connectivity index (χ3v) is 5.00. The van der Waals surface area contributed by atoms with E-state index in [2.05, 4.69) is 55.5 Å². The third kappa shape index (κ3) is 2.75. The Morgan fingerprint density at radius 2 is 1.76 bits per heavy atom. The Morgan fingerprint density at radius 1 is 1.00 bits per heavy atom. The van der Waals surface area contributed by atoms with Gasteiger partial charge in [-0.05, 0) is 41.5 Å². The lowest BCUT2D eigenvalue weighted by atomic mass is 9.70. The molecule has 0 amide bonds. The van der Waals surface area contributed by atoms with E-state index in [1.165, 1.54) is 17.5 Å². The van der Waals surface area contributed by atoms with Gasteiger partial charge in [-0.15, -0.1) is 0 Å². The zero-order chi connectivity index (χ0) is 14.7. The van der Waals surface area contributed by atoms with E-state index in [4.69, 9.17) is 0 Å². The molecule has 110 valence electrons. The molecule has 3 rings (SSSR count). The maximum Gasteiger partial charge on any atom is 0.0924 e. The highest BCUT2D eigenvalue weighted by Gasteiger charge is 2.39. The molecule has 1 N–H and O–H groups in total. The molecule has 0 saturated heterocycles. The fourth-order valence-corrected chi connectivity index (χ4v) is 3.75. The van der Waals surface area contributed by atoms with Gasteiger partial charge in [0.15, 0.2) is 0 Å². The Kier molecular flexibility index (Phi) is 4.12. The SMILES string of the molecule is CCC1CCCCC1(O)c1cccc(-c2ccccc2)c1. The first-order valence-corrected chi connectivity index (χ1v) is 8.12. The van der Waals surface area contributed by atoms with Gasteiger partial charge in [-0.3, -0.25) is 0 Å². The highest BCUT2D eigenvalue weighted by atomic mass is 16.3. The van der Waals surface area contributed by atoms with E-state index in [9.17, 15) is 5.11 Å². The largest absolute Gasteiger partial charge is 0.385 e. The molecule has 0 spiro atoms. The molecule has 21 heavy (non-hydrogen) atoms. The van der Waals surface area contributed by atoms with Crippen molar-refractivity contribution in [3.8, 4) is 11.1 Å². The van der Waals surface area contributed by atoms with Crippen molar-refractivity contribution >= 4 is 0 Å². The molecule has 1 fully saturated rings. The van der Waals surface area contributed by atoms with E-state index < -0.39 is 5.60 Å². The molecule has 1 aliphatic rings. The van der Waals surface area contributed by atoms with Crippen LogP contribution in [-0.2, 0) is 5.60 Å². The minimum absolute atomic E-state index is 0.386. The van der Waals surface area contributed by atoms with Gasteiger partial charge in [-0.2, -0.15) is 0 Å². The van der Waals surface area contributed by atoms with Crippen LogP contribution < -0.4 is 0 Å². The average Bonchev–Trinajstić information content (AvgIpc) is 2.56. The Bertz CT molecular complexity index is 590. The summed E-state index contributed by atoms with van der Waals surface area (Å²) in [5, 5.41) is 11.3. The van der Waals surface area contributed by atoms with Crippen LogP contribution in [0.3, 0.4) is 0 Å². The average molecular weight is 280 g/mol. The standard InChI is InChI=1S/C20H24O/c1-2-18-12-6-7-14-20(18,21)19-13-8-11-17(15-19)16-9-4-3-5-10-16/h3-5,8-11,13,15,18,21H,2,6-7,12,14H2,1H3. The summed E-state index contributed by atoms with van der Waals surface area (Å²) in [7, 11) is 0. The summed E-state index contributed by atoms with van der Waals surface area (Å²) in [5.41, 5.74) is 2.86. The predicted octanol–water partition coefficient (Wildman–Crippen LogP) is 5.14. The zero-order valence-electron chi connectivity index (χ0n) is 12.8. The van der Waals surface area contributed by atoms with Gasteiger partial charge in [0.05, 0.1) is 5.60 Å². The topological polar surface area (TPSA) is 20.2 Å². The van der Waals surface area contributed by atoms with Crippen LogP contribution in [-0.4, -0.2) is 5.11 Å². The number of aliphatic hydroxyl groups is 1. The Hall–Kier alpha value is -1.60. The van der Waals surface area contributed by atoms with E-state index in [0.717, 1.165) is 31.2 Å². The van der Waals surface area contributed by atoms with Crippen LogP contribution in [0.2, 0.25) is 0 Å². The monoisotopic (exact) mass is 280 g/mol. The molecule has 0 aliphatic heterocycles. The van der Waals surface area contributed by atoms with E-state index in [0.29, 0.717) is 5.92 Å². The summed E-state index contributed by atoms with van der Waals surface area (Å²) in [5.74, 6) is 0.386. The molecule has 1 aliphatic carbocycles. The zero-order valence-corrected chi connectivity index (χ0v) is 12.8. The Labute approximate surface area is 127 Å². The molecule has 2 aromatic carbocycles. The number of hydrogen-bond acceptors (Lipinski definition) is 1. The van der Waals surface area contributed by atoms with E-state index >= 15 is 0 Å². The summed E-state index contributed by atoms with van der Waals surface area (Å²) in [6.45, 7) is 2.20. The van der Waals surface area contributed by atoms with Gasteiger partial charge in [0.25, 0.3) is 0 Å². The summed E-state index contributed by atoms with van der Waals surface area (Å²) < 4.78 is 0. The molecular formula is C20H24O. The van der Waals surface area contributed by atoms with Gasteiger partial charge in [0.2, 0.25) is 0 Å². The van der Waals surface area contributed by atoms with Gasteiger partial charge < -0.3 is 5.11 Å². The first kappa shape index (κ1) is 14.3. The van der Waals surface area contributed by atoms with Crippen molar-refractivity contribution in [2.75, 3.05) is 0 Å². The number of benzene rings is 2. The van der Waals surface area contributed by atoms with Gasteiger partial charge in [0.1, 0.15) is 0 Å². The molecule has 2 unspecified atom stereocenters. The van der Waals surface area contributed by atoms with Crippen molar-refractivity contribution in [2.45, 2.75) is 44.6 Å². The summed E-state index contributed by atoms with van der Waals surface area (Å²) in [6, 6.07) is 18.9. The number of hydrogen-bond donors (Lipinski definition) is 1. The van der Waals surface area contributed by atoms with Crippen LogP contribution in [0.25, 0.3) is 11.1 Å². The lowest BCUT2D eigenvalue weighted by molar-refractivity contribution is -0.0557. The van der Waals surface area contributed by atoms with Crippen molar-refractivity contribution in [3.05, 3.63) is 60.2 Å². The minimum Gasteiger partial charge on any atom is -0.385 e. The highest BCUT2D eigenvalue weighted by molar-refractivity contribution is 5.64. The Morgan fingerprint density at radius 3 is 2.52 bits per heavy atom. The maximum absolute atomic E-state index is 11.3. The lowest BCUT2D eigenvalue weighted by Crippen LogP contribution is -2.37. The van der Waals surface area contributed by atoms with Crippen LogP contribution in [0.1, 0.15) is 44.6 Å². The second-order valence-corrected chi connectivity index (χ2v) is 6.22. The van der Waals surface area contributed by atoms with Crippen LogP contribution >= 0.6 is 0 Å². The summed E-state index contributed by atoms with van der Waals surface area (Å²) in [6.07, 6.45) is 5.46. The maximum atomic E-state index is 11.3. The molecule has 1 saturated carbocycles. The normalized spacial score (nSPS) is 25.7. The molecule has 2 atom stereocenters. The molecule has 0 bridgehead atoms. The van der Waals surface area contributed by atoms with Gasteiger partial charge in [-0.1, -0.05) is 74.7 Å². The summed E-state index contributed by atoms with van der Waals surface area (Å²) >= 11 is 0. The number of rotatable bonds is 3. The third-order valence-electron chi connectivity index (χ3n) is 5.00. The fraction of sp³-hybridized carbons (Fsp3) is 0.400. The van der Waals surface area contributed by atoms with E-state index in [1.54, 1.807) is 0 Å². The molecule has 0 aromatic heterocycles. The molecule has 0 heterocycles. The Balaban J connectivity index is 1.99. The smallest absolute Gasteiger partial charge is 0.0924 e. The van der Waals surface area contributed by atoms with Crippen molar-refractivity contribution in [2.24, 2.45) is 5.92 Å². The first-order valence-electron chi connectivity index (χ1n) is 8.12. The van der Waals surface area contributed by atoms with Gasteiger partial charge in [0, 0.05) is 0 Å². The van der Waals surface area contributed by atoms with Crippen LogP contribution in [0.4, 0.5) is 0 Å². The van der Waals surface area contributed by atoms with Gasteiger partial charge in [-0.25, -0.2) is 0 Å². The second kappa shape index (κ2) is 6.03. The van der Waals surface area contributed by atoms with Crippen molar-refractivity contribution < 1.29 is 5.11 Å². The highest BCUT2D eigenvalue weighted by Crippen LogP contribution is 2.43. The van der Waals surface area contributed by atoms with Crippen LogP contribution in [0.15, 0.2) is 54.6 Å². The van der Waals surface area contributed by atoms with Gasteiger partial charge >= 0.3 is 0 Å². The quantitative estimate of drug-likeness (QED) is 0.825. The minimum atomic E-state index is -0.641. The van der Waals surface area contributed by atoms with Crippen molar-refractivity contribution in [3.63, 3.8) is 0 Å². The second-order valence-electron chi connectivity index (χ2n) is 6.22. The molecule has 1 nitrogen and oxygen atoms in total. The molecule has 2 aromatic rings. The van der Waals surface area contributed by atoms with Crippen molar-refractivity contribution in [1.29, 1.82) is 0 Å². The van der Waals surface area contributed by atoms with Crippen LogP contribution in [0.5, 0.6) is 0 Å².